The molecular weight excluding hydrogens is 293 g/mol. The molecule has 0 fully saturated rings. The first-order valence-electron chi connectivity index (χ1n) is 6.70. The van der Waals surface area contributed by atoms with Crippen LogP contribution in [0.25, 0.3) is 0 Å². The van der Waals surface area contributed by atoms with Crippen molar-refractivity contribution in [3.05, 3.63) is 30.1 Å². The topological polar surface area (TPSA) is 66.4 Å². The second-order valence-electron chi connectivity index (χ2n) is 5.38. The molecule has 1 aromatic rings. The highest BCUT2D eigenvalue weighted by molar-refractivity contribution is 7.99. The minimum Gasteiger partial charge on any atom is -0.481 e. The van der Waals surface area contributed by atoms with Gasteiger partial charge in [0.15, 0.2) is 0 Å². The first-order valence-corrected chi connectivity index (χ1v) is 7.68. The third-order valence-corrected chi connectivity index (χ3v) is 3.87. The van der Waals surface area contributed by atoms with Crippen LogP contribution >= 0.6 is 11.8 Å². The Morgan fingerprint density at radius 2 is 1.86 bits per heavy atom. The molecule has 0 unspecified atom stereocenters. The fraction of sp³-hybridized carbons (Fsp3) is 0.467. The zero-order valence-corrected chi connectivity index (χ0v) is 13.0. The number of hydrogen-bond donors (Lipinski definition) is 2. The number of carboxylic acids is 1. The number of carbonyl (C=O) groups is 2. The molecule has 0 saturated carbocycles. The molecule has 1 aromatic carbocycles. The number of carboxylic acid groups (broad SMARTS) is 1. The lowest BCUT2D eigenvalue weighted by Gasteiger charge is -2.25. The number of halogens is 1. The second-order valence-corrected chi connectivity index (χ2v) is 6.55. The van der Waals surface area contributed by atoms with E-state index in [0.717, 1.165) is 4.90 Å². The van der Waals surface area contributed by atoms with E-state index in [1.807, 2.05) is 0 Å². The maximum absolute atomic E-state index is 12.7. The van der Waals surface area contributed by atoms with E-state index in [-0.39, 0.29) is 18.1 Å². The van der Waals surface area contributed by atoms with Crippen molar-refractivity contribution >= 4 is 23.6 Å². The third-order valence-electron chi connectivity index (χ3n) is 2.85. The summed E-state index contributed by atoms with van der Waals surface area (Å²) in [6, 6.07) is 6.12. The minimum atomic E-state index is -0.871. The molecule has 116 valence electrons. The summed E-state index contributed by atoms with van der Waals surface area (Å²) in [5.74, 6) is -0.673. The molecule has 1 amide bonds. The van der Waals surface area contributed by atoms with Crippen LogP contribution < -0.4 is 5.32 Å². The molecule has 1 rings (SSSR count). The number of benzene rings is 1. The first-order chi connectivity index (χ1) is 9.78. The van der Waals surface area contributed by atoms with Crippen LogP contribution in [0.2, 0.25) is 0 Å². The molecular formula is C15H20FNO3S. The first kappa shape index (κ1) is 17.5. The van der Waals surface area contributed by atoms with Gasteiger partial charge in [-0.15, -0.1) is 11.8 Å². The molecule has 0 bridgehead atoms. The van der Waals surface area contributed by atoms with Crippen LogP contribution in [0.3, 0.4) is 0 Å². The summed E-state index contributed by atoms with van der Waals surface area (Å²) in [7, 11) is 0. The Balaban J connectivity index is 2.30. The van der Waals surface area contributed by atoms with Gasteiger partial charge in [-0.3, -0.25) is 9.59 Å². The zero-order chi connectivity index (χ0) is 15.9. The van der Waals surface area contributed by atoms with Gasteiger partial charge in [-0.25, -0.2) is 4.39 Å². The molecule has 0 atom stereocenters. The van der Waals surface area contributed by atoms with Crippen molar-refractivity contribution in [1.82, 2.24) is 5.32 Å². The number of amides is 1. The lowest BCUT2D eigenvalue weighted by atomic mass is 9.98. The number of rotatable bonds is 8. The summed E-state index contributed by atoms with van der Waals surface area (Å²) < 4.78 is 12.7. The van der Waals surface area contributed by atoms with Crippen LogP contribution in [0.5, 0.6) is 0 Å². The molecule has 0 aromatic heterocycles. The summed E-state index contributed by atoms with van der Waals surface area (Å²) in [5.41, 5.74) is -0.532. The fourth-order valence-electron chi connectivity index (χ4n) is 1.71. The predicted molar refractivity (Wildman–Crippen MR) is 80.8 cm³/mol. The van der Waals surface area contributed by atoms with Gasteiger partial charge in [0.2, 0.25) is 5.91 Å². The lowest BCUT2D eigenvalue weighted by molar-refractivity contribution is -0.137. The van der Waals surface area contributed by atoms with Gasteiger partial charge in [-0.05, 0) is 44.5 Å². The molecule has 0 aliphatic heterocycles. The largest absolute Gasteiger partial charge is 0.481 e. The monoisotopic (exact) mass is 313 g/mol. The average molecular weight is 313 g/mol. The molecule has 6 heteroatoms. The summed E-state index contributed by atoms with van der Waals surface area (Å²) in [6.07, 6.45) is 0.745. The van der Waals surface area contributed by atoms with Crippen molar-refractivity contribution in [2.24, 2.45) is 0 Å². The standard InChI is InChI=1S/C15H20FNO3S/c1-15(2,9-7-14(19)20)17-13(18)8-10-21-12-5-3-11(16)4-6-12/h3-6H,7-10H2,1-2H3,(H,17,18)(H,19,20). The maximum atomic E-state index is 12.7. The SMILES string of the molecule is CC(C)(CCC(=O)O)NC(=O)CCSc1ccc(F)cc1. The van der Waals surface area contributed by atoms with Gasteiger partial charge in [-0.1, -0.05) is 0 Å². The second kappa shape index (κ2) is 8.02. The van der Waals surface area contributed by atoms with E-state index in [0.29, 0.717) is 18.6 Å². The smallest absolute Gasteiger partial charge is 0.303 e. The number of nitrogens with one attached hydrogen (secondary N) is 1. The molecule has 0 radical (unpaired) electrons. The van der Waals surface area contributed by atoms with E-state index >= 15 is 0 Å². The van der Waals surface area contributed by atoms with Gasteiger partial charge in [0.05, 0.1) is 0 Å². The number of aliphatic carboxylic acids is 1. The van der Waals surface area contributed by atoms with Crippen LogP contribution in [0.4, 0.5) is 4.39 Å². The van der Waals surface area contributed by atoms with Crippen molar-refractivity contribution in [2.75, 3.05) is 5.75 Å². The Morgan fingerprint density at radius 3 is 2.43 bits per heavy atom. The van der Waals surface area contributed by atoms with Gasteiger partial charge >= 0.3 is 5.97 Å². The average Bonchev–Trinajstić information content (AvgIpc) is 2.38. The summed E-state index contributed by atoms with van der Waals surface area (Å²) >= 11 is 1.48. The van der Waals surface area contributed by atoms with Crippen molar-refractivity contribution < 1.29 is 19.1 Å². The van der Waals surface area contributed by atoms with E-state index in [9.17, 15) is 14.0 Å². The molecule has 0 spiro atoms. The molecule has 0 heterocycles. The molecule has 0 saturated heterocycles. The summed E-state index contributed by atoms with van der Waals surface area (Å²) in [5, 5.41) is 11.5. The molecule has 21 heavy (non-hydrogen) atoms. The Bertz CT molecular complexity index is 488. The number of carbonyl (C=O) groups excluding carboxylic acids is 1. The normalized spacial score (nSPS) is 11.2. The van der Waals surface area contributed by atoms with Gasteiger partial charge in [-0.2, -0.15) is 0 Å². The molecule has 2 N–H and O–H groups in total. The molecule has 0 aliphatic carbocycles. The van der Waals surface area contributed by atoms with Gasteiger partial charge in [0, 0.05) is 29.0 Å². The summed E-state index contributed by atoms with van der Waals surface area (Å²) in [6.45, 7) is 3.61. The lowest BCUT2D eigenvalue weighted by Crippen LogP contribution is -2.43. The van der Waals surface area contributed by atoms with Crippen molar-refractivity contribution in [3.8, 4) is 0 Å². The van der Waals surface area contributed by atoms with Crippen molar-refractivity contribution in [2.45, 2.75) is 43.5 Å². The molecule has 4 nitrogen and oxygen atoms in total. The van der Waals surface area contributed by atoms with Gasteiger partial charge < -0.3 is 10.4 Å². The number of thioether (sulfide) groups is 1. The summed E-state index contributed by atoms with van der Waals surface area (Å²) in [4.78, 5) is 23.3. The van der Waals surface area contributed by atoms with E-state index in [1.165, 1.54) is 23.9 Å². The Kier molecular flexibility index (Phi) is 6.68. The zero-order valence-electron chi connectivity index (χ0n) is 12.2. The van der Waals surface area contributed by atoms with E-state index in [4.69, 9.17) is 5.11 Å². The highest BCUT2D eigenvalue weighted by Crippen LogP contribution is 2.19. The number of hydrogen-bond acceptors (Lipinski definition) is 3. The van der Waals surface area contributed by atoms with Crippen LogP contribution in [-0.2, 0) is 9.59 Å². The Morgan fingerprint density at radius 1 is 1.24 bits per heavy atom. The third kappa shape index (κ3) is 7.70. The van der Waals surface area contributed by atoms with Crippen molar-refractivity contribution in [3.63, 3.8) is 0 Å². The van der Waals surface area contributed by atoms with Gasteiger partial charge in [0.25, 0.3) is 0 Å². The predicted octanol–water partition coefficient (Wildman–Crippen LogP) is 3.07. The van der Waals surface area contributed by atoms with Crippen LogP contribution in [0, 0.1) is 5.82 Å². The van der Waals surface area contributed by atoms with Crippen LogP contribution in [-0.4, -0.2) is 28.3 Å². The minimum absolute atomic E-state index is 0.0254. The van der Waals surface area contributed by atoms with E-state index < -0.39 is 11.5 Å². The van der Waals surface area contributed by atoms with Crippen molar-refractivity contribution in [1.29, 1.82) is 0 Å². The quantitative estimate of drug-likeness (QED) is 0.724. The van der Waals surface area contributed by atoms with Crippen LogP contribution in [0.15, 0.2) is 29.2 Å². The van der Waals surface area contributed by atoms with Crippen LogP contribution in [0.1, 0.15) is 33.1 Å². The Hall–Kier alpha value is -1.56. The van der Waals surface area contributed by atoms with E-state index in [1.54, 1.807) is 26.0 Å². The highest BCUT2D eigenvalue weighted by Gasteiger charge is 2.21. The molecule has 0 aliphatic rings. The Labute approximate surface area is 128 Å². The highest BCUT2D eigenvalue weighted by atomic mass is 32.2. The fourth-order valence-corrected chi connectivity index (χ4v) is 2.57. The maximum Gasteiger partial charge on any atom is 0.303 e. The van der Waals surface area contributed by atoms with E-state index in [2.05, 4.69) is 5.32 Å². The van der Waals surface area contributed by atoms with Gasteiger partial charge in [0.1, 0.15) is 5.82 Å².